The van der Waals surface area contributed by atoms with Crippen LogP contribution in [0.15, 0.2) is 28.7 Å². The molecule has 1 atom stereocenters. The summed E-state index contributed by atoms with van der Waals surface area (Å²) in [6.07, 6.45) is 0. The van der Waals surface area contributed by atoms with Gasteiger partial charge in [0.25, 0.3) is 0 Å². The molecule has 1 rings (SSSR count). The molecule has 0 radical (unpaired) electrons. The average molecular weight is 303 g/mol. The van der Waals surface area contributed by atoms with Crippen LogP contribution >= 0.6 is 15.9 Å². The number of carbonyl (C=O) groups is 1. The summed E-state index contributed by atoms with van der Waals surface area (Å²) in [5.41, 5.74) is 0.617. The second-order valence-electron chi connectivity index (χ2n) is 4.08. The van der Waals surface area contributed by atoms with Crippen LogP contribution in [0.5, 0.6) is 0 Å². The number of hydrogen-bond donors (Lipinski definition) is 0. The van der Waals surface area contributed by atoms with Gasteiger partial charge >= 0.3 is 0 Å². The topological polar surface area (TPSA) is 34.1 Å². The van der Waals surface area contributed by atoms with E-state index in [1.54, 1.807) is 12.1 Å². The van der Waals surface area contributed by atoms with Crippen LogP contribution in [0.25, 0.3) is 0 Å². The summed E-state index contributed by atoms with van der Waals surface area (Å²) in [6, 6.07) is 7.18. The molecule has 0 bridgehead atoms. The molecule has 0 saturated heterocycles. The second-order valence-corrected chi connectivity index (χ2v) is 6.50. The summed E-state index contributed by atoms with van der Waals surface area (Å²) in [6.45, 7) is 4.00. The number of benzene rings is 1. The highest BCUT2D eigenvalue weighted by Gasteiger charge is 2.11. The molecule has 1 aromatic rings. The lowest BCUT2D eigenvalue weighted by molar-refractivity contribution is 0.102. The Morgan fingerprint density at radius 1 is 1.44 bits per heavy atom. The molecule has 0 aliphatic heterocycles. The van der Waals surface area contributed by atoms with Crippen molar-refractivity contribution < 1.29 is 9.00 Å². The number of hydrogen-bond acceptors (Lipinski definition) is 2. The molecule has 88 valence electrons. The third-order valence-corrected chi connectivity index (χ3v) is 4.07. The van der Waals surface area contributed by atoms with Crippen LogP contribution in [0.1, 0.15) is 24.2 Å². The van der Waals surface area contributed by atoms with E-state index in [0.717, 1.165) is 4.47 Å². The summed E-state index contributed by atoms with van der Waals surface area (Å²) in [4.78, 5) is 11.8. The molecule has 1 aromatic carbocycles. The maximum atomic E-state index is 11.8. The predicted octanol–water partition coefficient (Wildman–Crippen LogP) is 3.04. The monoisotopic (exact) mass is 302 g/mol. The van der Waals surface area contributed by atoms with E-state index >= 15 is 0 Å². The van der Waals surface area contributed by atoms with Gasteiger partial charge in [0.1, 0.15) is 0 Å². The fraction of sp³-hybridized carbons (Fsp3) is 0.417. The predicted molar refractivity (Wildman–Crippen MR) is 71.2 cm³/mol. The number of Topliss-reactive ketones (excluding diaryl/α,β-unsaturated/α-hetero) is 1. The van der Waals surface area contributed by atoms with Crippen molar-refractivity contribution in [3.63, 3.8) is 0 Å². The van der Waals surface area contributed by atoms with Gasteiger partial charge in [-0.05, 0) is 18.1 Å². The average Bonchev–Trinajstić information content (AvgIpc) is 2.16. The molecule has 0 spiro atoms. The third kappa shape index (κ3) is 4.58. The van der Waals surface area contributed by atoms with Crippen molar-refractivity contribution in [1.82, 2.24) is 0 Å². The fourth-order valence-corrected chi connectivity index (χ4v) is 3.04. The molecule has 0 aromatic heterocycles. The van der Waals surface area contributed by atoms with Crippen LogP contribution in [0.4, 0.5) is 0 Å². The molecule has 2 nitrogen and oxygen atoms in total. The number of rotatable bonds is 5. The van der Waals surface area contributed by atoms with Gasteiger partial charge in [0.2, 0.25) is 0 Å². The Morgan fingerprint density at radius 2 is 2.12 bits per heavy atom. The van der Waals surface area contributed by atoms with E-state index in [1.807, 2.05) is 26.0 Å². The largest absolute Gasteiger partial charge is 0.293 e. The molecule has 4 heteroatoms. The molecule has 0 fully saturated rings. The standard InChI is InChI=1S/C12H15BrO2S/c1-9(2)7-16(15)8-12(14)10-4-3-5-11(13)6-10/h3-6,9H,7-8H2,1-2H3. The van der Waals surface area contributed by atoms with Gasteiger partial charge in [0, 0.05) is 26.6 Å². The van der Waals surface area contributed by atoms with Gasteiger partial charge in [0.15, 0.2) is 5.78 Å². The van der Waals surface area contributed by atoms with Gasteiger partial charge in [-0.3, -0.25) is 9.00 Å². The Labute approximate surface area is 107 Å². The van der Waals surface area contributed by atoms with Crippen molar-refractivity contribution in [3.05, 3.63) is 34.3 Å². The maximum absolute atomic E-state index is 11.8. The number of ketones is 1. The van der Waals surface area contributed by atoms with Crippen LogP contribution in [-0.2, 0) is 10.8 Å². The number of halogens is 1. The minimum atomic E-state index is -1.05. The summed E-state index contributed by atoms with van der Waals surface area (Å²) in [5.74, 6) is 1.01. The van der Waals surface area contributed by atoms with E-state index in [4.69, 9.17) is 0 Å². The Morgan fingerprint density at radius 3 is 2.69 bits per heavy atom. The summed E-state index contributed by atoms with van der Waals surface area (Å²) in [7, 11) is -1.05. The van der Waals surface area contributed by atoms with Gasteiger partial charge in [-0.1, -0.05) is 41.9 Å². The summed E-state index contributed by atoms with van der Waals surface area (Å²) in [5, 5.41) is 0. The van der Waals surface area contributed by atoms with Gasteiger partial charge in [0.05, 0.1) is 5.75 Å². The lowest BCUT2D eigenvalue weighted by Gasteiger charge is -2.04. The first-order valence-electron chi connectivity index (χ1n) is 5.12. The Kier molecular flexibility index (Phi) is 5.35. The van der Waals surface area contributed by atoms with Crippen LogP contribution in [0.2, 0.25) is 0 Å². The van der Waals surface area contributed by atoms with Gasteiger partial charge in [-0.25, -0.2) is 0 Å². The van der Waals surface area contributed by atoms with E-state index < -0.39 is 10.8 Å². The van der Waals surface area contributed by atoms with Crippen molar-refractivity contribution in [2.45, 2.75) is 13.8 Å². The molecular weight excluding hydrogens is 288 g/mol. The molecule has 16 heavy (non-hydrogen) atoms. The minimum Gasteiger partial charge on any atom is -0.293 e. The zero-order chi connectivity index (χ0) is 12.1. The highest BCUT2D eigenvalue weighted by molar-refractivity contribution is 9.10. The first-order chi connectivity index (χ1) is 7.49. The first kappa shape index (κ1) is 13.6. The van der Waals surface area contributed by atoms with E-state index in [0.29, 0.717) is 17.2 Å². The Balaban J connectivity index is 2.62. The minimum absolute atomic E-state index is 0.0553. The molecule has 1 unspecified atom stereocenters. The van der Waals surface area contributed by atoms with Gasteiger partial charge in [-0.2, -0.15) is 0 Å². The van der Waals surface area contributed by atoms with Crippen LogP contribution in [-0.4, -0.2) is 21.5 Å². The molecule has 0 N–H and O–H groups in total. The van der Waals surface area contributed by atoms with Crippen molar-refractivity contribution >= 4 is 32.5 Å². The van der Waals surface area contributed by atoms with E-state index in [9.17, 15) is 9.00 Å². The third-order valence-electron chi connectivity index (χ3n) is 1.96. The van der Waals surface area contributed by atoms with E-state index in [1.165, 1.54) is 0 Å². The van der Waals surface area contributed by atoms with Crippen molar-refractivity contribution in [2.75, 3.05) is 11.5 Å². The van der Waals surface area contributed by atoms with Crippen molar-refractivity contribution in [1.29, 1.82) is 0 Å². The molecule has 0 aliphatic carbocycles. The fourth-order valence-electron chi connectivity index (χ4n) is 1.32. The molecule has 0 heterocycles. The highest BCUT2D eigenvalue weighted by atomic mass is 79.9. The number of carbonyl (C=O) groups excluding carboxylic acids is 1. The highest BCUT2D eigenvalue weighted by Crippen LogP contribution is 2.12. The van der Waals surface area contributed by atoms with Crippen molar-refractivity contribution in [3.8, 4) is 0 Å². The van der Waals surface area contributed by atoms with Gasteiger partial charge in [-0.15, -0.1) is 0 Å². The summed E-state index contributed by atoms with van der Waals surface area (Å²) < 4.78 is 12.5. The molecule has 0 amide bonds. The zero-order valence-electron chi connectivity index (χ0n) is 9.40. The lowest BCUT2D eigenvalue weighted by atomic mass is 10.2. The zero-order valence-corrected chi connectivity index (χ0v) is 11.8. The molecule has 0 aliphatic rings. The first-order valence-corrected chi connectivity index (χ1v) is 7.41. The Hall–Kier alpha value is -0.480. The molecular formula is C12H15BrO2S. The maximum Gasteiger partial charge on any atom is 0.175 e. The van der Waals surface area contributed by atoms with Crippen molar-refractivity contribution in [2.24, 2.45) is 5.92 Å². The van der Waals surface area contributed by atoms with E-state index in [2.05, 4.69) is 15.9 Å². The lowest BCUT2D eigenvalue weighted by Crippen LogP contribution is -2.15. The van der Waals surface area contributed by atoms with Gasteiger partial charge < -0.3 is 0 Å². The smallest absolute Gasteiger partial charge is 0.175 e. The van der Waals surface area contributed by atoms with Crippen LogP contribution in [0, 0.1) is 5.92 Å². The second kappa shape index (κ2) is 6.30. The summed E-state index contributed by atoms with van der Waals surface area (Å²) >= 11 is 3.31. The normalized spacial score (nSPS) is 12.8. The Bertz CT molecular complexity index is 402. The van der Waals surface area contributed by atoms with Crippen LogP contribution in [0.3, 0.4) is 0 Å². The molecule has 0 saturated carbocycles. The van der Waals surface area contributed by atoms with E-state index in [-0.39, 0.29) is 11.5 Å². The van der Waals surface area contributed by atoms with Crippen LogP contribution < -0.4 is 0 Å². The SMILES string of the molecule is CC(C)CS(=O)CC(=O)c1cccc(Br)c1. The quantitative estimate of drug-likeness (QED) is 0.784.